The molecular weight excluding hydrogens is 465 g/mol. The Morgan fingerprint density at radius 3 is 2.38 bits per heavy atom. The Hall–Kier alpha value is -2.48. The smallest absolute Gasteiger partial charge is 0.234 e. The summed E-state index contributed by atoms with van der Waals surface area (Å²) in [6, 6.07) is 13.2. The maximum atomic E-state index is 12.4. The van der Waals surface area contributed by atoms with E-state index in [0.717, 1.165) is 24.5 Å². The van der Waals surface area contributed by atoms with Gasteiger partial charge in [-0.2, -0.15) is 0 Å². The molecule has 0 saturated heterocycles. The fraction of sp³-hybridized carbons (Fsp3) is 0.261. The van der Waals surface area contributed by atoms with Crippen LogP contribution in [0.1, 0.15) is 13.8 Å². The Labute approximate surface area is 202 Å². The van der Waals surface area contributed by atoms with Gasteiger partial charge in [-0.3, -0.25) is 9.36 Å². The molecule has 6 nitrogen and oxygen atoms in total. The van der Waals surface area contributed by atoms with E-state index >= 15 is 0 Å². The lowest BCUT2D eigenvalue weighted by molar-refractivity contribution is -0.113. The molecule has 32 heavy (non-hydrogen) atoms. The van der Waals surface area contributed by atoms with Crippen LogP contribution in [0.15, 0.2) is 60.3 Å². The Morgan fingerprint density at radius 1 is 1.12 bits per heavy atom. The van der Waals surface area contributed by atoms with E-state index in [9.17, 15) is 4.79 Å². The Morgan fingerprint density at radius 2 is 1.78 bits per heavy atom. The highest BCUT2D eigenvalue weighted by Crippen LogP contribution is 2.27. The fourth-order valence-electron chi connectivity index (χ4n) is 3.27. The zero-order valence-corrected chi connectivity index (χ0v) is 20.3. The van der Waals surface area contributed by atoms with Crippen molar-refractivity contribution in [2.45, 2.75) is 25.5 Å². The van der Waals surface area contributed by atoms with Gasteiger partial charge >= 0.3 is 0 Å². The molecule has 1 aromatic heterocycles. The molecule has 0 unspecified atom stereocenters. The predicted octanol–water partition coefficient (Wildman–Crippen LogP) is 6.01. The fourth-order valence-corrected chi connectivity index (χ4v) is 4.54. The molecule has 1 N–H and O–H groups in total. The van der Waals surface area contributed by atoms with Crippen LogP contribution in [0.3, 0.4) is 0 Å². The third-order valence-corrected chi connectivity index (χ3v) is 6.16. The zero-order valence-electron chi connectivity index (χ0n) is 18.0. The molecule has 0 saturated carbocycles. The van der Waals surface area contributed by atoms with Crippen molar-refractivity contribution < 1.29 is 4.79 Å². The van der Waals surface area contributed by atoms with E-state index in [0.29, 0.717) is 27.4 Å². The molecule has 168 valence electrons. The second kappa shape index (κ2) is 11.4. The lowest BCUT2D eigenvalue weighted by Crippen LogP contribution is -2.21. The summed E-state index contributed by atoms with van der Waals surface area (Å²) < 4.78 is 1.95. The van der Waals surface area contributed by atoms with Crippen LogP contribution in [-0.4, -0.2) is 39.5 Å². The van der Waals surface area contributed by atoms with E-state index in [1.54, 1.807) is 24.3 Å². The van der Waals surface area contributed by atoms with Crippen LogP contribution in [0.2, 0.25) is 10.0 Å². The number of allylic oxidation sites excluding steroid dienone is 1. The van der Waals surface area contributed by atoms with Gasteiger partial charge in [0.2, 0.25) is 5.91 Å². The summed E-state index contributed by atoms with van der Waals surface area (Å²) >= 11 is 13.3. The highest BCUT2D eigenvalue weighted by atomic mass is 35.5. The largest absolute Gasteiger partial charge is 0.372 e. The Balaban J connectivity index is 1.73. The van der Waals surface area contributed by atoms with Gasteiger partial charge < -0.3 is 10.2 Å². The first-order valence-electron chi connectivity index (χ1n) is 10.2. The van der Waals surface area contributed by atoms with Gasteiger partial charge in [-0.25, -0.2) is 0 Å². The molecule has 1 heterocycles. The van der Waals surface area contributed by atoms with Crippen molar-refractivity contribution in [3.05, 3.63) is 65.2 Å². The number of carbonyl (C=O) groups is 1. The van der Waals surface area contributed by atoms with Crippen molar-refractivity contribution in [1.29, 1.82) is 0 Å². The molecule has 0 radical (unpaired) electrons. The quantitative estimate of drug-likeness (QED) is 0.278. The molecule has 3 aromatic rings. The number of carbonyl (C=O) groups excluding carboxylic acids is 1. The van der Waals surface area contributed by atoms with Crippen molar-refractivity contribution in [3.63, 3.8) is 0 Å². The molecule has 1 amide bonds. The number of hydrogen-bond acceptors (Lipinski definition) is 5. The van der Waals surface area contributed by atoms with Gasteiger partial charge in [0.25, 0.3) is 0 Å². The molecule has 3 rings (SSSR count). The van der Waals surface area contributed by atoms with Crippen LogP contribution in [0.5, 0.6) is 0 Å². The highest BCUT2D eigenvalue weighted by molar-refractivity contribution is 7.99. The van der Waals surface area contributed by atoms with Gasteiger partial charge in [-0.1, -0.05) is 41.0 Å². The lowest BCUT2D eigenvalue weighted by atomic mass is 10.2. The number of amides is 1. The molecule has 0 atom stereocenters. The minimum atomic E-state index is -0.188. The van der Waals surface area contributed by atoms with E-state index in [4.69, 9.17) is 23.2 Å². The van der Waals surface area contributed by atoms with E-state index in [-0.39, 0.29) is 11.7 Å². The summed E-state index contributed by atoms with van der Waals surface area (Å²) in [5.41, 5.74) is 2.68. The number of hydrogen-bond donors (Lipinski definition) is 1. The van der Waals surface area contributed by atoms with Crippen molar-refractivity contribution in [2.24, 2.45) is 0 Å². The van der Waals surface area contributed by atoms with E-state index in [1.165, 1.54) is 17.4 Å². The monoisotopic (exact) mass is 489 g/mol. The third kappa shape index (κ3) is 6.06. The first-order valence-corrected chi connectivity index (χ1v) is 12.0. The highest BCUT2D eigenvalue weighted by Gasteiger charge is 2.16. The van der Waals surface area contributed by atoms with Crippen molar-refractivity contribution in [3.8, 4) is 11.4 Å². The molecular formula is C23H25Cl2N5OS. The normalized spacial score (nSPS) is 10.8. The number of anilines is 2. The van der Waals surface area contributed by atoms with Gasteiger partial charge in [0.15, 0.2) is 11.0 Å². The maximum absolute atomic E-state index is 12.4. The van der Waals surface area contributed by atoms with Crippen LogP contribution in [-0.2, 0) is 11.3 Å². The summed E-state index contributed by atoms with van der Waals surface area (Å²) in [4.78, 5) is 14.7. The summed E-state index contributed by atoms with van der Waals surface area (Å²) in [7, 11) is 0. The molecule has 0 bridgehead atoms. The molecule has 2 aromatic carbocycles. The number of rotatable bonds is 10. The van der Waals surface area contributed by atoms with Crippen molar-refractivity contribution in [2.75, 3.05) is 29.1 Å². The van der Waals surface area contributed by atoms with E-state index < -0.39 is 0 Å². The summed E-state index contributed by atoms with van der Waals surface area (Å²) in [6.45, 7) is 10.6. The topological polar surface area (TPSA) is 63.1 Å². The van der Waals surface area contributed by atoms with Gasteiger partial charge in [0.1, 0.15) is 0 Å². The number of nitrogens with zero attached hydrogens (tertiary/aromatic N) is 4. The lowest BCUT2D eigenvalue weighted by Gasteiger charge is -2.21. The number of halogens is 2. The Bertz CT molecular complexity index is 1060. The molecule has 0 spiro atoms. The number of aromatic nitrogens is 3. The third-order valence-electron chi connectivity index (χ3n) is 4.76. The zero-order chi connectivity index (χ0) is 23.1. The number of nitrogens with one attached hydrogen (secondary N) is 1. The van der Waals surface area contributed by atoms with Gasteiger partial charge in [0, 0.05) is 46.6 Å². The first kappa shape index (κ1) is 24.2. The van der Waals surface area contributed by atoms with Gasteiger partial charge in [-0.15, -0.1) is 16.8 Å². The van der Waals surface area contributed by atoms with Crippen molar-refractivity contribution in [1.82, 2.24) is 14.8 Å². The van der Waals surface area contributed by atoms with Crippen molar-refractivity contribution >= 4 is 52.2 Å². The number of thioether (sulfide) groups is 1. The average molecular weight is 490 g/mol. The van der Waals surface area contributed by atoms with Crippen LogP contribution >= 0.6 is 35.0 Å². The van der Waals surface area contributed by atoms with Crippen LogP contribution in [0.4, 0.5) is 11.4 Å². The van der Waals surface area contributed by atoms with E-state index in [1.807, 2.05) is 16.7 Å². The summed E-state index contributed by atoms with van der Waals surface area (Å²) in [5.74, 6) is 0.715. The first-order chi connectivity index (χ1) is 15.4. The molecule has 0 aliphatic heterocycles. The molecule has 9 heteroatoms. The van der Waals surface area contributed by atoms with Gasteiger partial charge in [0.05, 0.1) is 5.75 Å². The van der Waals surface area contributed by atoms with Gasteiger partial charge in [-0.05, 0) is 56.3 Å². The van der Waals surface area contributed by atoms with Crippen LogP contribution in [0.25, 0.3) is 11.4 Å². The maximum Gasteiger partial charge on any atom is 0.234 e. The van der Waals surface area contributed by atoms with Crippen LogP contribution in [0, 0.1) is 0 Å². The minimum Gasteiger partial charge on any atom is -0.372 e. The molecule has 0 fully saturated rings. The molecule has 0 aliphatic carbocycles. The second-order valence-corrected chi connectivity index (χ2v) is 8.73. The van der Waals surface area contributed by atoms with E-state index in [2.05, 4.69) is 53.0 Å². The SMILES string of the molecule is C=CCn1c(SCC(=O)Nc2cc(Cl)cc(Cl)c2)nnc1-c1ccc(N(CC)CC)cc1. The number of benzene rings is 2. The summed E-state index contributed by atoms with van der Waals surface area (Å²) in [6.07, 6.45) is 1.79. The average Bonchev–Trinajstić information content (AvgIpc) is 3.16. The Kier molecular flexibility index (Phi) is 8.61. The second-order valence-electron chi connectivity index (χ2n) is 6.92. The predicted molar refractivity (Wildman–Crippen MR) is 135 cm³/mol. The standard InChI is InChI=1S/C23H25Cl2N5OS/c1-4-11-30-22(16-7-9-20(10-8-16)29(5-2)6-3)27-28-23(30)32-15-21(31)26-19-13-17(24)12-18(25)14-19/h4,7-10,12-14H,1,5-6,11,15H2,2-3H3,(H,26,31). The summed E-state index contributed by atoms with van der Waals surface area (Å²) in [5, 5.41) is 13.0. The van der Waals surface area contributed by atoms with Crippen LogP contribution < -0.4 is 10.2 Å². The minimum absolute atomic E-state index is 0.167. The molecule has 0 aliphatic rings.